The fourth-order valence-electron chi connectivity index (χ4n) is 4.77. The predicted octanol–water partition coefficient (Wildman–Crippen LogP) is 2.08. The predicted molar refractivity (Wildman–Crippen MR) is 141 cm³/mol. The van der Waals surface area contributed by atoms with Gasteiger partial charge in [0.25, 0.3) is 5.56 Å². The highest BCUT2D eigenvalue weighted by atomic mass is 16.2. The Morgan fingerprint density at radius 1 is 1.00 bits per heavy atom. The van der Waals surface area contributed by atoms with E-state index < -0.39 is 5.69 Å². The number of fused-ring (bicyclic) bond motifs is 1. The maximum Gasteiger partial charge on any atom is 0.333 e. The van der Waals surface area contributed by atoms with Crippen LogP contribution in [0, 0.1) is 0 Å². The lowest BCUT2D eigenvalue weighted by molar-refractivity contribution is 0.182. The molecule has 0 unspecified atom stereocenters. The highest BCUT2D eigenvalue weighted by Crippen LogP contribution is 2.26. The van der Waals surface area contributed by atoms with Gasteiger partial charge in [-0.25, -0.2) is 14.6 Å². The van der Waals surface area contributed by atoms with E-state index in [4.69, 9.17) is 4.98 Å². The zero-order valence-corrected chi connectivity index (χ0v) is 22.0. The van der Waals surface area contributed by atoms with Crippen LogP contribution in [0.25, 0.3) is 11.2 Å². The van der Waals surface area contributed by atoms with E-state index in [9.17, 15) is 14.4 Å². The minimum absolute atomic E-state index is 0.0263. The Kier molecular flexibility index (Phi) is 7.33. The largest absolute Gasteiger partial charge is 0.362 e. The molecular formula is C27H36N6O3. The van der Waals surface area contributed by atoms with Gasteiger partial charge in [-0.05, 0) is 19.0 Å². The van der Waals surface area contributed by atoms with Crippen LogP contribution in [-0.2, 0) is 29.8 Å². The van der Waals surface area contributed by atoms with Crippen LogP contribution in [0.5, 0.6) is 0 Å². The quantitative estimate of drug-likeness (QED) is 0.470. The van der Waals surface area contributed by atoms with Gasteiger partial charge in [-0.3, -0.25) is 13.9 Å². The molecule has 9 nitrogen and oxygen atoms in total. The van der Waals surface area contributed by atoms with Gasteiger partial charge in [0.2, 0.25) is 0 Å². The van der Waals surface area contributed by atoms with Gasteiger partial charge >= 0.3 is 5.69 Å². The molecule has 9 heteroatoms. The second kappa shape index (κ2) is 10.3. The number of piperazine rings is 1. The molecule has 36 heavy (non-hydrogen) atoms. The maximum absolute atomic E-state index is 13.7. The van der Waals surface area contributed by atoms with E-state index in [2.05, 4.69) is 10.8 Å². The van der Waals surface area contributed by atoms with E-state index in [1.165, 1.54) is 9.13 Å². The molecule has 4 rings (SSSR count). The van der Waals surface area contributed by atoms with Crippen molar-refractivity contribution in [3.05, 3.63) is 68.3 Å². The van der Waals surface area contributed by atoms with Crippen molar-refractivity contribution >= 4 is 17.1 Å². The van der Waals surface area contributed by atoms with E-state index in [0.29, 0.717) is 49.5 Å². The maximum atomic E-state index is 13.7. The van der Waals surface area contributed by atoms with Gasteiger partial charge in [0, 0.05) is 44.7 Å². The fraction of sp³-hybridized carbons (Fsp3) is 0.519. The average molecular weight is 493 g/mol. The Morgan fingerprint density at radius 2 is 1.67 bits per heavy atom. The van der Waals surface area contributed by atoms with Crippen LogP contribution in [0.3, 0.4) is 0 Å². The van der Waals surface area contributed by atoms with Crippen LogP contribution in [0.4, 0.5) is 0 Å². The first-order valence-corrected chi connectivity index (χ1v) is 12.6. The van der Waals surface area contributed by atoms with Crippen molar-refractivity contribution in [2.45, 2.75) is 59.2 Å². The van der Waals surface area contributed by atoms with Crippen LogP contribution in [0.2, 0.25) is 0 Å². The van der Waals surface area contributed by atoms with Gasteiger partial charge in [0.15, 0.2) is 11.2 Å². The summed E-state index contributed by atoms with van der Waals surface area (Å²) in [6.45, 7) is 11.9. The lowest BCUT2D eigenvalue weighted by Gasteiger charge is -2.34. The van der Waals surface area contributed by atoms with Crippen molar-refractivity contribution in [2.24, 2.45) is 0 Å². The molecule has 1 aromatic carbocycles. The smallest absolute Gasteiger partial charge is 0.333 e. The van der Waals surface area contributed by atoms with Crippen molar-refractivity contribution in [1.82, 2.24) is 28.5 Å². The van der Waals surface area contributed by atoms with Gasteiger partial charge < -0.3 is 14.4 Å². The van der Waals surface area contributed by atoms with E-state index in [-0.39, 0.29) is 17.5 Å². The summed E-state index contributed by atoms with van der Waals surface area (Å²) in [7, 11) is 2.05. The molecule has 0 N–H and O–H groups in total. The molecule has 1 saturated heterocycles. The Bertz CT molecular complexity index is 1400. The van der Waals surface area contributed by atoms with Crippen molar-refractivity contribution in [3.63, 3.8) is 0 Å². The van der Waals surface area contributed by atoms with Gasteiger partial charge in [-0.15, -0.1) is 0 Å². The molecule has 0 saturated carbocycles. The van der Waals surface area contributed by atoms with Crippen molar-refractivity contribution in [3.8, 4) is 0 Å². The van der Waals surface area contributed by atoms with E-state index in [0.717, 1.165) is 24.5 Å². The molecular weight excluding hydrogens is 456 g/mol. The molecule has 0 atom stereocenters. The van der Waals surface area contributed by atoms with Crippen molar-refractivity contribution in [2.75, 3.05) is 33.2 Å². The average Bonchev–Trinajstić information content (AvgIpc) is 3.23. The minimum atomic E-state index is -0.443. The summed E-state index contributed by atoms with van der Waals surface area (Å²) in [5.74, 6) is 2.80. The SMILES string of the molecule is CCCn1c(=O)c2c(nc(C(C)(C)C)n2Cc2ccccc2)n(CC(=C=O)N2CCN(C)CC2)c1=O. The number of benzene rings is 1. The lowest BCUT2D eigenvalue weighted by Crippen LogP contribution is -2.46. The zero-order valence-electron chi connectivity index (χ0n) is 22.0. The van der Waals surface area contributed by atoms with Gasteiger partial charge in [-0.1, -0.05) is 58.0 Å². The van der Waals surface area contributed by atoms with E-state index in [1.54, 1.807) is 0 Å². The van der Waals surface area contributed by atoms with E-state index in [1.807, 2.05) is 74.5 Å². The van der Waals surface area contributed by atoms with Crippen LogP contribution in [-0.4, -0.2) is 67.7 Å². The topological polar surface area (TPSA) is 85.4 Å². The Labute approximate surface area is 211 Å². The lowest BCUT2D eigenvalue weighted by atomic mass is 9.95. The van der Waals surface area contributed by atoms with Crippen molar-refractivity contribution in [1.29, 1.82) is 0 Å². The molecule has 1 aliphatic rings. The molecule has 192 valence electrons. The van der Waals surface area contributed by atoms with E-state index >= 15 is 0 Å². The number of likely N-dealkylation sites (N-methyl/N-ethyl adjacent to an activating group) is 1. The molecule has 0 aliphatic carbocycles. The highest BCUT2D eigenvalue weighted by molar-refractivity contribution is 5.72. The molecule has 1 aliphatic heterocycles. The number of aromatic nitrogens is 4. The summed E-state index contributed by atoms with van der Waals surface area (Å²) >= 11 is 0. The van der Waals surface area contributed by atoms with Crippen LogP contribution in [0.15, 0.2) is 45.6 Å². The fourth-order valence-corrected chi connectivity index (χ4v) is 4.77. The molecule has 1 fully saturated rings. The third kappa shape index (κ3) is 4.94. The summed E-state index contributed by atoms with van der Waals surface area (Å²) in [5.41, 5.74) is 0.984. The van der Waals surface area contributed by atoms with Crippen molar-refractivity contribution < 1.29 is 4.79 Å². The molecule has 0 amide bonds. The van der Waals surface area contributed by atoms with Crippen LogP contribution in [0.1, 0.15) is 45.5 Å². The molecule has 2 aromatic heterocycles. The normalized spacial score (nSPS) is 14.9. The molecule has 3 aromatic rings. The standard InChI is InChI=1S/C27H36N6O3/c1-6-12-31-24(35)22-23(28-25(27(2,3)4)32(22)17-20-10-8-7-9-11-20)33(26(31)36)18-21(19-34)30-15-13-29(5)14-16-30/h7-11H,6,12-18H2,1-5H3. The first kappa shape index (κ1) is 25.7. The summed E-state index contributed by atoms with van der Waals surface area (Å²) in [6.07, 6.45) is 0.633. The van der Waals surface area contributed by atoms with Crippen LogP contribution >= 0.6 is 0 Å². The van der Waals surface area contributed by atoms with Gasteiger partial charge in [0.1, 0.15) is 17.5 Å². The monoisotopic (exact) mass is 492 g/mol. The second-order valence-corrected chi connectivity index (χ2v) is 10.6. The zero-order chi connectivity index (χ0) is 26.0. The molecule has 0 radical (unpaired) electrons. The number of rotatable bonds is 7. The Hall–Kier alpha value is -3.42. The summed E-state index contributed by atoms with van der Waals surface area (Å²) in [5, 5.41) is 0. The number of imidazole rings is 1. The number of hydrogen-bond donors (Lipinski definition) is 0. The molecule has 0 bridgehead atoms. The summed E-state index contributed by atoms with van der Waals surface area (Å²) in [6, 6.07) is 9.91. The highest BCUT2D eigenvalue weighted by Gasteiger charge is 2.29. The summed E-state index contributed by atoms with van der Waals surface area (Å²) < 4.78 is 4.71. The number of hydrogen-bond acceptors (Lipinski definition) is 6. The Morgan fingerprint density at radius 3 is 2.25 bits per heavy atom. The third-order valence-corrected chi connectivity index (χ3v) is 6.73. The number of carbonyl (C=O) groups excluding carboxylic acids is 1. The number of nitrogens with zero attached hydrogens (tertiary/aromatic N) is 6. The van der Waals surface area contributed by atoms with Gasteiger partial charge in [0.05, 0.1) is 6.54 Å². The second-order valence-electron chi connectivity index (χ2n) is 10.6. The first-order chi connectivity index (χ1) is 17.2. The first-order valence-electron chi connectivity index (χ1n) is 12.6. The van der Waals surface area contributed by atoms with Crippen LogP contribution < -0.4 is 11.2 Å². The summed E-state index contributed by atoms with van der Waals surface area (Å²) in [4.78, 5) is 48.5. The third-order valence-electron chi connectivity index (χ3n) is 6.73. The minimum Gasteiger partial charge on any atom is -0.362 e. The van der Waals surface area contributed by atoms with Gasteiger partial charge in [-0.2, -0.15) is 0 Å². The Balaban J connectivity index is 1.95. The molecule has 0 spiro atoms. The number of allylic oxidation sites excluding steroid dienone is 1. The molecule has 3 heterocycles.